The van der Waals surface area contributed by atoms with Crippen LogP contribution in [0, 0.1) is 31.1 Å². The van der Waals surface area contributed by atoms with Gasteiger partial charge in [-0.05, 0) is 105 Å². The number of aromatic nitrogens is 2. The second kappa shape index (κ2) is 11.3. The summed E-state index contributed by atoms with van der Waals surface area (Å²) in [4.78, 5) is 16.6. The summed E-state index contributed by atoms with van der Waals surface area (Å²) in [5.41, 5.74) is 11.2. The predicted octanol–water partition coefficient (Wildman–Crippen LogP) is 8.14. The van der Waals surface area contributed by atoms with E-state index in [1.807, 2.05) is 17.4 Å². The number of nitriles is 1. The lowest BCUT2D eigenvalue weighted by Gasteiger charge is -2.25. The Morgan fingerprint density at radius 2 is 1.64 bits per heavy atom. The summed E-state index contributed by atoms with van der Waals surface area (Å²) < 4.78 is 6.32. The summed E-state index contributed by atoms with van der Waals surface area (Å²) >= 11 is 1.87. The van der Waals surface area contributed by atoms with Gasteiger partial charge in [-0.2, -0.15) is 5.26 Å². The first-order valence-corrected chi connectivity index (χ1v) is 16.8. The van der Waals surface area contributed by atoms with E-state index in [1.54, 1.807) is 0 Å². The Bertz CT molecular complexity index is 1920. The number of thiazole rings is 1. The van der Waals surface area contributed by atoms with Gasteiger partial charge in [0.15, 0.2) is 5.58 Å². The van der Waals surface area contributed by atoms with Crippen molar-refractivity contribution in [3.8, 4) is 39.2 Å². The van der Waals surface area contributed by atoms with Crippen LogP contribution in [0.15, 0.2) is 52.9 Å². The minimum atomic E-state index is 0.551. The molecule has 2 aromatic heterocycles. The van der Waals surface area contributed by atoms with Crippen LogP contribution in [0.25, 0.3) is 44.3 Å². The number of rotatable bonds is 7. The van der Waals surface area contributed by atoms with Gasteiger partial charge < -0.3 is 4.42 Å². The summed E-state index contributed by atoms with van der Waals surface area (Å²) in [6.07, 6.45) is 6.33. The van der Waals surface area contributed by atoms with Crippen LogP contribution in [0.3, 0.4) is 0 Å². The van der Waals surface area contributed by atoms with Gasteiger partial charge >= 0.3 is 0 Å². The highest BCUT2D eigenvalue weighted by Crippen LogP contribution is 2.40. The molecule has 0 bridgehead atoms. The van der Waals surface area contributed by atoms with Crippen LogP contribution >= 0.6 is 11.3 Å². The first-order valence-electron chi connectivity index (χ1n) is 16.0. The smallest absolute Gasteiger partial charge is 0.227 e. The zero-order valence-corrected chi connectivity index (χ0v) is 26.3. The van der Waals surface area contributed by atoms with Gasteiger partial charge in [-0.1, -0.05) is 30.3 Å². The molecule has 0 atom stereocenters. The van der Waals surface area contributed by atoms with Gasteiger partial charge in [0.2, 0.25) is 5.89 Å². The summed E-state index contributed by atoms with van der Waals surface area (Å²) in [7, 11) is 0. The van der Waals surface area contributed by atoms with Crippen LogP contribution in [0.5, 0.6) is 0 Å². The fourth-order valence-corrected chi connectivity index (χ4v) is 8.32. The summed E-state index contributed by atoms with van der Waals surface area (Å²) in [6.45, 7) is 10.8. The molecule has 0 radical (unpaired) electrons. The zero-order chi connectivity index (χ0) is 29.8. The van der Waals surface area contributed by atoms with E-state index in [4.69, 9.17) is 14.4 Å². The van der Waals surface area contributed by atoms with Crippen LogP contribution in [0.2, 0.25) is 0 Å². The minimum absolute atomic E-state index is 0.551. The van der Waals surface area contributed by atoms with E-state index in [9.17, 15) is 5.26 Å². The Morgan fingerprint density at radius 1 is 0.909 bits per heavy atom. The van der Waals surface area contributed by atoms with E-state index in [-0.39, 0.29) is 0 Å². The first kappa shape index (κ1) is 27.7. The number of fused-ring (bicyclic) bond motifs is 2. The Hall–Kier alpha value is -3.83. The van der Waals surface area contributed by atoms with Crippen LogP contribution < -0.4 is 0 Å². The van der Waals surface area contributed by atoms with Gasteiger partial charge in [0, 0.05) is 48.6 Å². The fraction of sp³-hybridized carbons (Fsp3) is 0.378. The monoisotopic (exact) mass is 599 g/mol. The molecule has 1 saturated heterocycles. The quantitative estimate of drug-likeness (QED) is 0.188. The van der Waals surface area contributed by atoms with E-state index < -0.39 is 0 Å². The Kier molecular flexibility index (Phi) is 7.09. The number of oxazole rings is 1. The summed E-state index contributed by atoms with van der Waals surface area (Å²) in [5, 5.41) is 11.1. The molecule has 8 rings (SSSR count). The van der Waals surface area contributed by atoms with Crippen LogP contribution in [0.1, 0.15) is 58.5 Å². The normalized spacial score (nSPS) is 17.3. The molecule has 1 saturated carbocycles. The van der Waals surface area contributed by atoms with Gasteiger partial charge in [0.25, 0.3) is 0 Å². The van der Waals surface area contributed by atoms with Crippen molar-refractivity contribution in [2.75, 3.05) is 26.2 Å². The lowest BCUT2D eigenvalue weighted by Crippen LogP contribution is -2.31. The van der Waals surface area contributed by atoms with E-state index >= 15 is 0 Å². The van der Waals surface area contributed by atoms with Crippen molar-refractivity contribution in [1.29, 1.82) is 5.26 Å². The molecule has 0 spiro atoms. The highest BCUT2D eigenvalue weighted by molar-refractivity contribution is 7.15. The van der Waals surface area contributed by atoms with Crippen LogP contribution in [-0.2, 0) is 19.5 Å². The van der Waals surface area contributed by atoms with Gasteiger partial charge in [-0.3, -0.25) is 9.80 Å². The molecule has 222 valence electrons. The maximum atomic E-state index is 9.94. The van der Waals surface area contributed by atoms with Crippen molar-refractivity contribution in [2.45, 2.75) is 59.0 Å². The number of hydrogen-bond donors (Lipinski definition) is 0. The second-order valence-corrected chi connectivity index (χ2v) is 14.0. The number of nitrogens with zero attached hydrogens (tertiary/aromatic N) is 5. The maximum Gasteiger partial charge on any atom is 0.227 e. The Morgan fingerprint density at radius 3 is 2.39 bits per heavy atom. The molecule has 5 aromatic rings. The molecule has 0 N–H and O–H groups in total. The number of benzene rings is 3. The molecule has 3 aliphatic rings. The van der Waals surface area contributed by atoms with Crippen molar-refractivity contribution < 1.29 is 4.42 Å². The molecule has 0 amide bonds. The third-order valence-electron chi connectivity index (χ3n) is 9.72. The second-order valence-electron chi connectivity index (χ2n) is 12.9. The molecule has 44 heavy (non-hydrogen) atoms. The lowest BCUT2D eigenvalue weighted by molar-refractivity contribution is 0.245. The first-order chi connectivity index (χ1) is 21.5. The highest BCUT2D eigenvalue weighted by atomic mass is 32.1. The summed E-state index contributed by atoms with van der Waals surface area (Å²) in [5.74, 6) is 1.48. The average molecular weight is 600 g/mol. The van der Waals surface area contributed by atoms with Gasteiger partial charge in [-0.15, -0.1) is 11.3 Å². The van der Waals surface area contributed by atoms with E-state index in [2.05, 4.69) is 72.2 Å². The van der Waals surface area contributed by atoms with Crippen LogP contribution in [-0.4, -0.2) is 45.9 Å². The largest absolute Gasteiger partial charge is 0.435 e. The van der Waals surface area contributed by atoms with Gasteiger partial charge in [0.1, 0.15) is 16.6 Å². The highest BCUT2D eigenvalue weighted by Gasteiger charge is 2.28. The lowest BCUT2D eigenvalue weighted by atomic mass is 9.91. The van der Waals surface area contributed by atoms with Crippen molar-refractivity contribution in [3.05, 3.63) is 81.4 Å². The van der Waals surface area contributed by atoms with Crippen molar-refractivity contribution in [1.82, 2.24) is 19.8 Å². The van der Waals surface area contributed by atoms with E-state index in [0.717, 1.165) is 77.8 Å². The standard InChI is InChI=1S/C37H37N5OS/c1-23-28(29-8-6-10-31(24(29)2)37-40-32-13-16-42(20-25-11-12-25)22-34(32)44-37)7-5-9-30(23)36-39-33-18-26(21-41-14-3-4-15-41)17-27(19-38)35(33)43-36/h5-10,17-18,25H,3-4,11-16,20-22H2,1-2H3. The van der Waals surface area contributed by atoms with E-state index in [1.165, 1.54) is 59.5 Å². The zero-order valence-electron chi connectivity index (χ0n) is 25.5. The fourth-order valence-electron chi connectivity index (χ4n) is 7.08. The molecule has 2 fully saturated rings. The maximum absolute atomic E-state index is 9.94. The number of hydrogen-bond acceptors (Lipinski definition) is 7. The third kappa shape index (κ3) is 5.15. The molecule has 6 nitrogen and oxygen atoms in total. The topological polar surface area (TPSA) is 69.2 Å². The van der Waals surface area contributed by atoms with Crippen molar-refractivity contribution in [2.24, 2.45) is 5.92 Å². The average Bonchev–Trinajstić information content (AvgIpc) is 3.37. The van der Waals surface area contributed by atoms with Crippen LogP contribution in [0.4, 0.5) is 0 Å². The molecule has 0 unspecified atom stereocenters. The molecular weight excluding hydrogens is 563 g/mol. The summed E-state index contributed by atoms with van der Waals surface area (Å²) in [6, 6.07) is 19.3. The Balaban J connectivity index is 1.12. The molecule has 7 heteroatoms. The van der Waals surface area contributed by atoms with Gasteiger partial charge in [0.05, 0.1) is 11.3 Å². The molecule has 4 heterocycles. The van der Waals surface area contributed by atoms with Crippen molar-refractivity contribution in [3.63, 3.8) is 0 Å². The third-order valence-corrected chi connectivity index (χ3v) is 10.8. The molecule has 2 aliphatic heterocycles. The number of likely N-dealkylation sites (tertiary alicyclic amines) is 1. The van der Waals surface area contributed by atoms with Crippen molar-refractivity contribution >= 4 is 22.4 Å². The molecular formula is C37H37N5OS. The van der Waals surface area contributed by atoms with Gasteiger partial charge in [-0.25, -0.2) is 9.97 Å². The molecule has 3 aromatic carbocycles. The minimum Gasteiger partial charge on any atom is -0.435 e. The predicted molar refractivity (Wildman–Crippen MR) is 176 cm³/mol. The molecule has 1 aliphatic carbocycles. The van der Waals surface area contributed by atoms with E-state index in [0.29, 0.717) is 17.0 Å². The Labute approximate surface area is 263 Å². The SMILES string of the molecule is Cc1c(-c2nc3cc(CN4CCCC4)cc(C#N)c3o2)cccc1-c1cccc(-c2nc3c(s2)CN(CC2CC2)CC3)c1C.